The summed E-state index contributed by atoms with van der Waals surface area (Å²) in [5, 5.41) is 10.4. The molecule has 0 spiro atoms. The molecule has 72 valence electrons. The Morgan fingerprint density at radius 3 is 3.00 bits per heavy atom. The van der Waals surface area contributed by atoms with Crippen LogP contribution >= 0.6 is 0 Å². The van der Waals surface area contributed by atoms with Gasteiger partial charge in [0.2, 0.25) is 5.95 Å². The van der Waals surface area contributed by atoms with Crippen molar-refractivity contribution in [2.75, 3.05) is 24.5 Å². The largest absolute Gasteiger partial charge is 0.337 e. The SMILES string of the molecule is Cc1nc(N2CCN[C@H](C)C2)n[nH]1. The van der Waals surface area contributed by atoms with Crippen molar-refractivity contribution in [1.82, 2.24) is 20.5 Å². The van der Waals surface area contributed by atoms with E-state index in [1.54, 1.807) is 0 Å². The van der Waals surface area contributed by atoms with Gasteiger partial charge in [-0.1, -0.05) is 0 Å². The first-order valence-electron chi connectivity index (χ1n) is 4.63. The van der Waals surface area contributed by atoms with Gasteiger partial charge in [-0.3, -0.25) is 5.10 Å². The van der Waals surface area contributed by atoms with E-state index in [0.717, 1.165) is 31.4 Å². The molecule has 2 rings (SSSR count). The molecule has 1 aromatic rings. The van der Waals surface area contributed by atoms with E-state index in [2.05, 4.69) is 32.3 Å². The zero-order valence-electron chi connectivity index (χ0n) is 8.04. The molecule has 1 fully saturated rings. The summed E-state index contributed by atoms with van der Waals surface area (Å²) in [5.74, 6) is 1.70. The molecular weight excluding hydrogens is 166 g/mol. The van der Waals surface area contributed by atoms with Crippen molar-refractivity contribution in [2.45, 2.75) is 19.9 Å². The normalized spacial score (nSPS) is 23.5. The summed E-state index contributed by atoms with van der Waals surface area (Å²) in [5.41, 5.74) is 0. The first-order valence-corrected chi connectivity index (χ1v) is 4.63. The van der Waals surface area contributed by atoms with E-state index < -0.39 is 0 Å². The second kappa shape index (κ2) is 3.33. The zero-order valence-corrected chi connectivity index (χ0v) is 8.04. The Labute approximate surface area is 77.5 Å². The lowest BCUT2D eigenvalue weighted by atomic mass is 10.2. The quantitative estimate of drug-likeness (QED) is 0.636. The summed E-state index contributed by atoms with van der Waals surface area (Å²) in [7, 11) is 0. The number of nitrogens with one attached hydrogen (secondary N) is 2. The minimum atomic E-state index is 0.521. The number of nitrogens with zero attached hydrogens (tertiary/aromatic N) is 3. The smallest absolute Gasteiger partial charge is 0.244 e. The van der Waals surface area contributed by atoms with E-state index in [4.69, 9.17) is 0 Å². The van der Waals surface area contributed by atoms with Crippen molar-refractivity contribution < 1.29 is 0 Å². The van der Waals surface area contributed by atoms with Crippen molar-refractivity contribution in [1.29, 1.82) is 0 Å². The molecule has 13 heavy (non-hydrogen) atoms. The summed E-state index contributed by atoms with van der Waals surface area (Å²) < 4.78 is 0. The Morgan fingerprint density at radius 2 is 2.38 bits per heavy atom. The van der Waals surface area contributed by atoms with E-state index in [1.807, 2.05) is 6.92 Å². The number of piperazine rings is 1. The minimum Gasteiger partial charge on any atom is -0.337 e. The van der Waals surface area contributed by atoms with Gasteiger partial charge >= 0.3 is 0 Å². The van der Waals surface area contributed by atoms with Crippen molar-refractivity contribution >= 4 is 5.95 Å². The van der Waals surface area contributed by atoms with Crippen molar-refractivity contribution in [2.24, 2.45) is 0 Å². The molecule has 0 aromatic carbocycles. The molecule has 1 aliphatic rings. The first-order chi connectivity index (χ1) is 6.25. The van der Waals surface area contributed by atoms with Crippen LogP contribution < -0.4 is 10.2 Å². The Kier molecular flexibility index (Phi) is 2.18. The third kappa shape index (κ3) is 1.80. The average molecular weight is 181 g/mol. The number of hydrogen-bond acceptors (Lipinski definition) is 4. The molecule has 1 aromatic heterocycles. The van der Waals surface area contributed by atoms with Crippen LogP contribution in [-0.4, -0.2) is 40.9 Å². The third-order valence-corrected chi connectivity index (χ3v) is 2.24. The summed E-state index contributed by atoms with van der Waals surface area (Å²) >= 11 is 0. The zero-order chi connectivity index (χ0) is 9.26. The van der Waals surface area contributed by atoms with Crippen LogP contribution in [0.4, 0.5) is 5.95 Å². The molecule has 0 amide bonds. The maximum atomic E-state index is 4.30. The van der Waals surface area contributed by atoms with Crippen molar-refractivity contribution in [3.05, 3.63) is 5.82 Å². The average Bonchev–Trinajstić information content (AvgIpc) is 2.52. The second-order valence-electron chi connectivity index (χ2n) is 3.52. The lowest BCUT2D eigenvalue weighted by Gasteiger charge is -2.30. The third-order valence-electron chi connectivity index (χ3n) is 2.24. The number of H-pyrrole nitrogens is 1. The number of aromatic amines is 1. The molecule has 5 heteroatoms. The van der Waals surface area contributed by atoms with Gasteiger partial charge in [0, 0.05) is 25.7 Å². The molecule has 1 aliphatic heterocycles. The molecule has 5 nitrogen and oxygen atoms in total. The number of anilines is 1. The van der Waals surface area contributed by atoms with Crippen molar-refractivity contribution in [3.8, 4) is 0 Å². The highest BCUT2D eigenvalue weighted by Crippen LogP contribution is 2.08. The standard InChI is InChI=1S/C8H15N5/c1-6-5-13(4-3-9-6)8-10-7(2)11-12-8/h6,9H,3-5H2,1-2H3,(H,10,11,12)/t6-/m1/s1. The summed E-state index contributed by atoms with van der Waals surface area (Å²) in [4.78, 5) is 6.50. The van der Waals surface area contributed by atoms with E-state index in [-0.39, 0.29) is 0 Å². The maximum Gasteiger partial charge on any atom is 0.244 e. The van der Waals surface area contributed by atoms with Gasteiger partial charge in [-0.15, -0.1) is 5.10 Å². The molecule has 2 N–H and O–H groups in total. The van der Waals surface area contributed by atoms with Crippen LogP contribution in [0.15, 0.2) is 0 Å². The van der Waals surface area contributed by atoms with Crippen LogP contribution in [0.3, 0.4) is 0 Å². The Bertz CT molecular complexity index is 282. The lowest BCUT2D eigenvalue weighted by Crippen LogP contribution is -2.49. The second-order valence-corrected chi connectivity index (χ2v) is 3.52. The number of rotatable bonds is 1. The Hall–Kier alpha value is -1.10. The predicted octanol–water partition coefficient (Wildman–Crippen LogP) is -0.0888. The highest BCUT2D eigenvalue weighted by molar-refractivity contribution is 5.29. The van der Waals surface area contributed by atoms with Gasteiger partial charge < -0.3 is 10.2 Å². The van der Waals surface area contributed by atoms with Crippen LogP contribution in [0.25, 0.3) is 0 Å². The molecule has 1 saturated heterocycles. The van der Waals surface area contributed by atoms with Crippen LogP contribution in [0.5, 0.6) is 0 Å². The number of hydrogen-bond donors (Lipinski definition) is 2. The van der Waals surface area contributed by atoms with E-state index in [9.17, 15) is 0 Å². The highest BCUT2D eigenvalue weighted by Gasteiger charge is 2.18. The minimum absolute atomic E-state index is 0.521. The Balaban J connectivity index is 2.08. The number of aryl methyl sites for hydroxylation is 1. The molecule has 1 atom stereocenters. The van der Waals surface area contributed by atoms with E-state index in [1.165, 1.54) is 0 Å². The van der Waals surface area contributed by atoms with Crippen LogP contribution in [0, 0.1) is 6.92 Å². The summed E-state index contributed by atoms with van der Waals surface area (Å²) in [6.07, 6.45) is 0. The van der Waals surface area contributed by atoms with Gasteiger partial charge in [0.15, 0.2) is 0 Å². The molecule has 0 bridgehead atoms. The summed E-state index contributed by atoms with van der Waals surface area (Å²) in [6, 6.07) is 0.521. The predicted molar refractivity (Wildman–Crippen MR) is 50.8 cm³/mol. The van der Waals surface area contributed by atoms with Gasteiger partial charge in [0.05, 0.1) is 0 Å². The molecule has 2 heterocycles. The van der Waals surface area contributed by atoms with Gasteiger partial charge in [0.25, 0.3) is 0 Å². The topological polar surface area (TPSA) is 56.8 Å². The molecule has 0 saturated carbocycles. The van der Waals surface area contributed by atoms with Crippen LogP contribution in [-0.2, 0) is 0 Å². The summed E-state index contributed by atoms with van der Waals surface area (Å²) in [6.45, 7) is 7.07. The van der Waals surface area contributed by atoms with Gasteiger partial charge in [-0.25, -0.2) is 0 Å². The molecular formula is C8H15N5. The fourth-order valence-electron chi connectivity index (χ4n) is 1.59. The lowest BCUT2D eigenvalue weighted by molar-refractivity contribution is 0.480. The molecule has 0 aliphatic carbocycles. The van der Waals surface area contributed by atoms with Gasteiger partial charge in [-0.2, -0.15) is 4.98 Å². The van der Waals surface area contributed by atoms with E-state index >= 15 is 0 Å². The van der Waals surface area contributed by atoms with E-state index in [0.29, 0.717) is 6.04 Å². The fourth-order valence-corrected chi connectivity index (χ4v) is 1.59. The van der Waals surface area contributed by atoms with Crippen molar-refractivity contribution in [3.63, 3.8) is 0 Å². The first kappa shape index (κ1) is 8.50. The number of aromatic nitrogens is 3. The highest BCUT2D eigenvalue weighted by atomic mass is 15.4. The Morgan fingerprint density at radius 1 is 1.54 bits per heavy atom. The van der Waals surface area contributed by atoms with Crippen LogP contribution in [0.2, 0.25) is 0 Å². The molecule has 0 radical (unpaired) electrons. The molecule has 0 unspecified atom stereocenters. The fraction of sp³-hybridized carbons (Fsp3) is 0.750. The van der Waals surface area contributed by atoms with Gasteiger partial charge in [-0.05, 0) is 13.8 Å². The van der Waals surface area contributed by atoms with Crippen LogP contribution in [0.1, 0.15) is 12.7 Å². The monoisotopic (exact) mass is 181 g/mol. The van der Waals surface area contributed by atoms with Gasteiger partial charge in [0.1, 0.15) is 5.82 Å². The maximum absolute atomic E-state index is 4.30.